The molecule has 0 aliphatic heterocycles. The molecule has 7 rings (SSSR count). The summed E-state index contributed by atoms with van der Waals surface area (Å²) in [5.74, 6) is 0. The molecule has 0 saturated carbocycles. The van der Waals surface area contributed by atoms with Crippen LogP contribution in [0.5, 0.6) is 0 Å². The van der Waals surface area contributed by atoms with Gasteiger partial charge in [-0.15, -0.1) is 0 Å². The van der Waals surface area contributed by atoms with E-state index in [2.05, 4.69) is 201 Å². The summed E-state index contributed by atoms with van der Waals surface area (Å²) < 4.78 is 0. The molecule has 0 aromatic heterocycles. The molecule has 0 radical (unpaired) electrons. The first-order valence-corrected chi connectivity index (χ1v) is 17.9. The van der Waals surface area contributed by atoms with Crippen LogP contribution in [0.15, 0.2) is 212 Å². The van der Waals surface area contributed by atoms with Gasteiger partial charge < -0.3 is 12.4 Å². The molecular formula is C43H38ClP2Pd-. The van der Waals surface area contributed by atoms with Crippen molar-refractivity contribution in [3.63, 3.8) is 0 Å². The first kappa shape index (κ1) is 37.8. The third-order valence-electron chi connectivity index (χ3n) is 7.03. The molecule has 0 bridgehead atoms. The van der Waals surface area contributed by atoms with E-state index in [0.29, 0.717) is 0 Å². The van der Waals surface area contributed by atoms with Gasteiger partial charge in [0.2, 0.25) is 0 Å². The molecule has 47 heavy (non-hydrogen) atoms. The first-order valence-electron chi connectivity index (χ1n) is 15.2. The van der Waals surface area contributed by atoms with E-state index in [1.165, 1.54) is 37.4 Å². The largest absolute Gasteiger partial charge is 1.00 e. The molecule has 7 aromatic rings. The van der Waals surface area contributed by atoms with Gasteiger partial charge in [-0.05, 0) is 54.6 Å². The van der Waals surface area contributed by atoms with Gasteiger partial charge in [0, 0.05) is 20.4 Å². The van der Waals surface area contributed by atoms with Crippen LogP contribution in [-0.4, -0.2) is 0 Å². The van der Waals surface area contributed by atoms with Crippen molar-refractivity contribution in [2.45, 2.75) is 6.92 Å². The summed E-state index contributed by atoms with van der Waals surface area (Å²) in [4.78, 5) is 0. The molecular weight excluding hydrogens is 720 g/mol. The summed E-state index contributed by atoms with van der Waals surface area (Å²) in [5, 5.41) is 8.39. The fraction of sp³-hybridized carbons (Fsp3) is 0.0233. The summed E-state index contributed by atoms with van der Waals surface area (Å²) in [6, 6.07) is 74.9. The van der Waals surface area contributed by atoms with Crippen molar-refractivity contribution in [2.75, 3.05) is 0 Å². The van der Waals surface area contributed by atoms with Crippen LogP contribution in [0.4, 0.5) is 0 Å². The van der Waals surface area contributed by atoms with Gasteiger partial charge in [-0.25, -0.2) is 0 Å². The van der Waals surface area contributed by atoms with Gasteiger partial charge in [0.15, 0.2) is 0 Å². The standard InChI is InChI=1S/2C18H15P.C7H8.ClH.Pd/c2*1-4-10-16(11-5-1)19(17-12-6-2-7-13-17)18-14-8-3-9-15-18;1-7-5-3-2-4-6-7;;/h2*1-15H;2-6H,1H3;1H;/p-1. The average Bonchev–Trinajstić information content (AvgIpc) is 3.12. The van der Waals surface area contributed by atoms with Crippen LogP contribution in [0.3, 0.4) is 0 Å². The minimum absolute atomic E-state index is 0. The SMILES string of the molecule is Cc1ccccc1.[Cl-].[Pd].c1ccc(P(c2ccccc2)c2ccccc2)cc1.c1ccc(P(c2ccccc2)c2ccccc2)cc1. The Hall–Kier alpha value is -3.65. The smallest absolute Gasteiger partial charge is 0 e. The third-order valence-corrected chi connectivity index (χ3v) is 11.9. The maximum Gasteiger partial charge on any atom is 0 e. The van der Waals surface area contributed by atoms with Crippen molar-refractivity contribution in [2.24, 2.45) is 0 Å². The molecule has 0 aliphatic carbocycles. The summed E-state index contributed by atoms with van der Waals surface area (Å²) in [6.45, 7) is 2.08. The molecule has 0 aliphatic rings. The first-order chi connectivity index (χ1) is 22.3. The summed E-state index contributed by atoms with van der Waals surface area (Å²) >= 11 is 0. The predicted molar refractivity (Wildman–Crippen MR) is 201 cm³/mol. The molecule has 0 amide bonds. The molecule has 0 spiro atoms. The Balaban J connectivity index is 0.000000205. The second-order valence-corrected chi connectivity index (χ2v) is 14.8. The van der Waals surface area contributed by atoms with E-state index in [1.807, 2.05) is 18.2 Å². The van der Waals surface area contributed by atoms with Crippen LogP contribution < -0.4 is 44.2 Å². The molecule has 4 heteroatoms. The second-order valence-electron chi connectivity index (χ2n) is 10.3. The minimum atomic E-state index is -0.446. The van der Waals surface area contributed by atoms with Gasteiger partial charge in [-0.3, -0.25) is 0 Å². The number of hydrogen-bond donors (Lipinski definition) is 0. The normalized spacial score (nSPS) is 9.85. The van der Waals surface area contributed by atoms with Crippen molar-refractivity contribution in [3.8, 4) is 0 Å². The van der Waals surface area contributed by atoms with Crippen LogP contribution in [0.25, 0.3) is 0 Å². The fourth-order valence-corrected chi connectivity index (χ4v) is 9.50. The van der Waals surface area contributed by atoms with Gasteiger partial charge >= 0.3 is 0 Å². The topological polar surface area (TPSA) is 0 Å². The summed E-state index contributed by atoms with van der Waals surface area (Å²) in [6.07, 6.45) is 0. The number of rotatable bonds is 6. The van der Waals surface area contributed by atoms with E-state index in [9.17, 15) is 0 Å². The number of hydrogen-bond acceptors (Lipinski definition) is 0. The molecule has 0 heterocycles. The molecule has 0 unspecified atom stereocenters. The Bertz CT molecular complexity index is 1470. The monoisotopic (exact) mass is 757 g/mol. The van der Waals surface area contributed by atoms with E-state index in [0.717, 1.165) is 0 Å². The maximum absolute atomic E-state index is 2.23. The molecule has 238 valence electrons. The molecule has 0 N–H and O–H groups in total. The quantitative estimate of drug-likeness (QED) is 0.147. The minimum Gasteiger partial charge on any atom is -1.00 e. The van der Waals surface area contributed by atoms with Crippen molar-refractivity contribution in [1.82, 2.24) is 0 Å². The number of aryl methyl sites for hydroxylation is 1. The Morgan fingerprint density at radius 1 is 0.255 bits per heavy atom. The summed E-state index contributed by atoms with van der Waals surface area (Å²) in [5.41, 5.74) is 1.32. The van der Waals surface area contributed by atoms with Crippen LogP contribution in [0.2, 0.25) is 0 Å². The van der Waals surface area contributed by atoms with Gasteiger partial charge in [0.1, 0.15) is 0 Å². The summed E-state index contributed by atoms with van der Waals surface area (Å²) in [7, 11) is -0.892. The zero-order valence-electron chi connectivity index (χ0n) is 26.3. The molecule has 0 atom stereocenters. The van der Waals surface area contributed by atoms with E-state index in [4.69, 9.17) is 0 Å². The van der Waals surface area contributed by atoms with Crippen LogP contribution in [0, 0.1) is 6.92 Å². The molecule has 7 aromatic carbocycles. The van der Waals surface area contributed by atoms with Crippen molar-refractivity contribution in [1.29, 1.82) is 0 Å². The molecule has 0 fully saturated rings. The van der Waals surface area contributed by atoms with E-state index in [-0.39, 0.29) is 32.8 Å². The number of halogens is 1. The Kier molecular flexibility index (Phi) is 17.1. The third kappa shape index (κ3) is 11.8. The van der Waals surface area contributed by atoms with Gasteiger partial charge in [-0.1, -0.05) is 218 Å². The van der Waals surface area contributed by atoms with E-state index in [1.54, 1.807) is 0 Å². The Morgan fingerprint density at radius 2 is 0.404 bits per heavy atom. The van der Waals surface area contributed by atoms with E-state index >= 15 is 0 Å². The van der Waals surface area contributed by atoms with Crippen LogP contribution >= 0.6 is 15.8 Å². The maximum atomic E-state index is 2.23. The van der Waals surface area contributed by atoms with E-state index < -0.39 is 15.8 Å². The van der Waals surface area contributed by atoms with Gasteiger partial charge in [0.05, 0.1) is 0 Å². The van der Waals surface area contributed by atoms with Crippen LogP contribution in [0.1, 0.15) is 5.56 Å². The molecule has 0 nitrogen and oxygen atoms in total. The van der Waals surface area contributed by atoms with Crippen molar-refractivity contribution in [3.05, 3.63) is 218 Å². The Labute approximate surface area is 303 Å². The van der Waals surface area contributed by atoms with Crippen molar-refractivity contribution >= 4 is 47.7 Å². The van der Waals surface area contributed by atoms with Gasteiger partial charge in [0.25, 0.3) is 0 Å². The second kappa shape index (κ2) is 21.3. The van der Waals surface area contributed by atoms with Crippen LogP contribution in [-0.2, 0) is 20.4 Å². The zero-order chi connectivity index (χ0) is 30.9. The number of benzene rings is 7. The fourth-order valence-electron chi connectivity index (χ4n) is 4.89. The zero-order valence-corrected chi connectivity index (χ0v) is 30.4. The van der Waals surface area contributed by atoms with Crippen molar-refractivity contribution < 1.29 is 32.8 Å². The van der Waals surface area contributed by atoms with Gasteiger partial charge in [-0.2, -0.15) is 0 Å². The Morgan fingerprint density at radius 3 is 0.532 bits per heavy atom. The predicted octanol–water partition coefficient (Wildman–Crippen LogP) is 5.89. The molecule has 0 saturated heterocycles. The average molecular weight is 759 g/mol.